The molecule has 1 N–H and O–H groups in total. The van der Waals surface area contributed by atoms with Crippen LogP contribution >= 0.6 is 0 Å². The number of amides is 2. The third-order valence-electron chi connectivity index (χ3n) is 4.73. The number of likely N-dealkylation sites (N-methyl/N-ethyl adjacent to an activating group) is 2. The molecule has 2 heterocycles. The summed E-state index contributed by atoms with van der Waals surface area (Å²) in [5.41, 5.74) is 2.80. The molecule has 0 atom stereocenters. The number of rotatable bonds is 7. The molecule has 0 aliphatic rings. The van der Waals surface area contributed by atoms with Gasteiger partial charge in [-0.15, -0.1) is 0 Å². The smallest absolute Gasteiger partial charge is 0.255 e. The summed E-state index contributed by atoms with van der Waals surface area (Å²) in [6, 6.07) is 11.7. The number of fused-ring (bicyclic) bond motifs is 1. The summed E-state index contributed by atoms with van der Waals surface area (Å²) >= 11 is 0. The molecule has 0 saturated heterocycles. The van der Waals surface area contributed by atoms with Gasteiger partial charge in [0.15, 0.2) is 5.65 Å². The predicted molar refractivity (Wildman–Crippen MR) is 114 cm³/mol. The Balaban J connectivity index is 2.12. The molecule has 3 rings (SSSR count). The maximum absolute atomic E-state index is 13.4. The third-order valence-corrected chi connectivity index (χ3v) is 4.73. The molecule has 0 radical (unpaired) electrons. The van der Waals surface area contributed by atoms with Crippen LogP contribution in [0, 0.1) is 0 Å². The van der Waals surface area contributed by atoms with E-state index in [1.165, 1.54) is 0 Å². The Morgan fingerprint density at radius 2 is 1.90 bits per heavy atom. The lowest BCUT2D eigenvalue weighted by molar-refractivity contribution is -0.121. The monoisotopic (exact) mass is 393 g/mol. The molecule has 2 amide bonds. The van der Waals surface area contributed by atoms with Crippen molar-refractivity contribution >= 4 is 22.8 Å². The number of hydrogen-bond donors (Lipinski definition) is 1. The number of aromatic nitrogens is 3. The van der Waals surface area contributed by atoms with E-state index in [1.807, 2.05) is 62.7 Å². The van der Waals surface area contributed by atoms with Crippen molar-refractivity contribution in [2.45, 2.75) is 33.7 Å². The highest BCUT2D eigenvalue weighted by atomic mass is 16.2. The van der Waals surface area contributed by atoms with Crippen LogP contribution < -0.4 is 5.32 Å². The van der Waals surface area contributed by atoms with Gasteiger partial charge in [-0.2, -0.15) is 5.10 Å². The number of nitrogens with zero attached hydrogens (tertiary/aromatic N) is 4. The van der Waals surface area contributed by atoms with Crippen molar-refractivity contribution in [2.75, 3.05) is 19.6 Å². The normalized spacial score (nSPS) is 11.1. The number of carbonyl (C=O) groups excluding carboxylic acids is 2. The largest absolute Gasteiger partial charge is 0.355 e. The van der Waals surface area contributed by atoms with E-state index >= 15 is 0 Å². The summed E-state index contributed by atoms with van der Waals surface area (Å²) in [6.07, 6.45) is 1.68. The Morgan fingerprint density at radius 1 is 1.17 bits per heavy atom. The molecule has 0 bridgehead atoms. The fourth-order valence-corrected chi connectivity index (χ4v) is 3.25. The average Bonchev–Trinajstić information content (AvgIpc) is 3.16. The summed E-state index contributed by atoms with van der Waals surface area (Å²) in [6.45, 7) is 8.75. The minimum atomic E-state index is -0.202. The Morgan fingerprint density at radius 3 is 2.52 bits per heavy atom. The molecular formula is C22H27N5O2. The average molecular weight is 393 g/mol. The first-order valence-corrected chi connectivity index (χ1v) is 9.95. The number of carbonyl (C=O) groups is 2. The molecule has 7 nitrogen and oxygen atoms in total. The Bertz CT molecular complexity index is 1010. The maximum Gasteiger partial charge on any atom is 0.255 e. The SMILES string of the molecule is CCNC(=O)CN(CC)C(=O)c1cc(-c2ccccc2)nc2c1cnn2C(C)C. The van der Waals surface area contributed by atoms with Crippen molar-refractivity contribution in [3.05, 3.63) is 48.2 Å². The summed E-state index contributed by atoms with van der Waals surface area (Å²) in [4.78, 5) is 31.8. The van der Waals surface area contributed by atoms with E-state index in [1.54, 1.807) is 17.2 Å². The Labute approximate surface area is 170 Å². The van der Waals surface area contributed by atoms with Gasteiger partial charge < -0.3 is 10.2 Å². The van der Waals surface area contributed by atoms with Gasteiger partial charge in [-0.1, -0.05) is 30.3 Å². The van der Waals surface area contributed by atoms with E-state index < -0.39 is 0 Å². The van der Waals surface area contributed by atoms with Gasteiger partial charge in [0.1, 0.15) is 0 Å². The number of pyridine rings is 1. The quantitative estimate of drug-likeness (QED) is 0.668. The second-order valence-electron chi connectivity index (χ2n) is 7.11. The Hall–Kier alpha value is -3.22. The summed E-state index contributed by atoms with van der Waals surface area (Å²) in [5, 5.41) is 7.89. The number of nitrogens with one attached hydrogen (secondary N) is 1. The molecule has 0 saturated carbocycles. The highest BCUT2D eigenvalue weighted by Crippen LogP contribution is 2.27. The third kappa shape index (κ3) is 4.29. The van der Waals surface area contributed by atoms with E-state index in [2.05, 4.69) is 10.4 Å². The van der Waals surface area contributed by atoms with Crippen LogP contribution in [0.3, 0.4) is 0 Å². The van der Waals surface area contributed by atoms with Crippen LogP contribution in [0.4, 0.5) is 0 Å². The Kier molecular flexibility index (Phi) is 6.26. The van der Waals surface area contributed by atoms with Gasteiger partial charge >= 0.3 is 0 Å². The number of benzene rings is 1. The zero-order chi connectivity index (χ0) is 21.0. The van der Waals surface area contributed by atoms with E-state index in [9.17, 15) is 9.59 Å². The minimum Gasteiger partial charge on any atom is -0.355 e. The van der Waals surface area contributed by atoms with E-state index in [4.69, 9.17) is 4.98 Å². The molecule has 2 aromatic heterocycles. The van der Waals surface area contributed by atoms with Gasteiger partial charge in [-0.3, -0.25) is 9.59 Å². The molecule has 1 aromatic carbocycles. The number of hydrogen-bond acceptors (Lipinski definition) is 4. The minimum absolute atomic E-state index is 0.0198. The van der Waals surface area contributed by atoms with Crippen molar-refractivity contribution < 1.29 is 9.59 Å². The molecule has 0 aliphatic heterocycles. The first-order chi connectivity index (χ1) is 14.0. The molecule has 29 heavy (non-hydrogen) atoms. The summed E-state index contributed by atoms with van der Waals surface area (Å²) in [5.74, 6) is -0.374. The van der Waals surface area contributed by atoms with Crippen LogP contribution in [0.15, 0.2) is 42.6 Å². The molecule has 152 valence electrons. The van der Waals surface area contributed by atoms with Crippen LogP contribution in [0.1, 0.15) is 44.1 Å². The predicted octanol–water partition coefficient (Wildman–Crippen LogP) is 3.28. The molecular weight excluding hydrogens is 366 g/mol. The van der Waals surface area contributed by atoms with Crippen LogP contribution in [-0.4, -0.2) is 51.1 Å². The lowest BCUT2D eigenvalue weighted by Gasteiger charge is -2.21. The highest BCUT2D eigenvalue weighted by Gasteiger charge is 2.23. The van der Waals surface area contributed by atoms with Gasteiger partial charge in [0.2, 0.25) is 5.91 Å². The zero-order valence-electron chi connectivity index (χ0n) is 17.3. The standard InChI is InChI=1S/C22H27N5O2/c1-5-23-20(28)14-26(6-2)22(29)17-12-19(16-10-8-7-9-11-16)25-21-18(17)13-24-27(21)15(3)4/h7-13,15H,5-6,14H2,1-4H3,(H,23,28). The van der Waals surface area contributed by atoms with Crippen LogP contribution in [0.25, 0.3) is 22.3 Å². The molecule has 0 aliphatic carbocycles. The lowest BCUT2D eigenvalue weighted by atomic mass is 10.1. The fourth-order valence-electron chi connectivity index (χ4n) is 3.25. The van der Waals surface area contributed by atoms with Crippen LogP contribution in [0.5, 0.6) is 0 Å². The second kappa shape index (κ2) is 8.86. The van der Waals surface area contributed by atoms with Gasteiger partial charge in [0.05, 0.1) is 29.4 Å². The van der Waals surface area contributed by atoms with E-state index in [0.717, 1.165) is 5.56 Å². The van der Waals surface area contributed by atoms with Crippen molar-refractivity contribution in [1.29, 1.82) is 0 Å². The fraction of sp³-hybridized carbons (Fsp3) is 0.364. The van der Waals surface area contributed by atoms with Crippen molar-refractivity contribution in [3.63, 3.8) is 0 Å². The molecule has 0 spiro atoms. The van der Waals surface area contributed by atoms with Gasteiger partial charge in [0, 0.05) is 24.7 Å². The first-order valence-electron chi connectivity index (χ1n) is 9.95. The molecule has 0 fully saturated rings. The van der Waals surface area contributed by atoms with Crippen molar-refractivity contribution in [3.8, 4) is 11.3 Å². The van der Waals surface area contributed by atoms with Gasteiger partial charge in [-0.05, 0) is 33.8 Å². The van der Waals surface area contributed by atoms with E-state index in [0.29, 0.717) is 35.4 Å². The lowest BCUT2D eigenvalue weighted by Crippen LogP contribution is -2.40. The molecule has 7 heteroatoms. The zero-order valence-corrected chi connectivity index (χ0v) is 17.3. The second-order valence-corrected chi connectivity index (χ2v) is 7.11. The van der Waals surface area contributed by atoms with Gasteiger partial charge in [-0.25, -0.2) is 9.67 Å². The van der Waals surface area contributed by atoms with E-state index in [-0.39, 0.29) is 24.4 Å². The maximum atomic E-state index is 13.4. The van der Waals surface area contributed by atoms with Crippen molar-refractivity contribution in [2.24, 2.45) is 0 Å². The van der Waals surface area contributed by atoms with Gasteiger partial charge in [0.25, 0.3) is 5.91 Å². The van der Waals surface area contributed by atoms with Crippen LogP contribution in [0.2, 0.25) is 0 Å². The van der Waals surface area contributed by atoms with Crippen molar-refractivity contribution in [1.82, 2.24) is 25.0 Å². The summed E-state index contributed by atoms with van der Waals surface area (Å²) in [7, 11) is 0. The summed E-state index contributed by atoms with van der Waals surface area (Å²) < 4.78 is 1.82. The molecule has 0 unspecified atom stereocenters. The first kappa shape index (κ1) is 20.5. The highest BCUT2D eigenvalue weighted by molar-refractivity contribution is 6.07. The topological polar surface area (TPSA) is 80.1 Å². The molecule has 3 aromatic rings. The van der Waals surface area contributed by atoms with Crippen LogP contribution in [-0.2, 0) is 4.79 Å².